The molecule has 3 rings (SSSR count). The molecule has 0 aromatic carbocycles. The van der Waals surface area contributed by atoms with Crippen molar-refractivity contribution in [3.05, 3.63) is 36.3 Å². The Morgan fingerprint density at radius 3 is 3.15 bits per heavy atom. The predicted octanol–water partition coefficient (Wildman–Crippen LogP) is 1.07. The maximum atomic E-state index is 9.36. The largest absolute Gasteiger partial charge is 0.508 e. The van der Waals surface area contributed by atoms with Crippen molar-refractivity contribution in [2.75, 3.05) is 0 Å². The Morgan fingerprint density at radius 1 is 1.31 bits per heavy atom. The molecule has 0 spiro atoms. The van der Waals surface area contributed by atoms with E-state index >= 15 is 0 Å². The number of fused-ring (bicyclic) bond motifs is 3. The van der Waals surface area contributed by atoms with Crippen molar-refractivity contribution in [2.45, 2.75) is 12.3 Å². The summed E-state index contributed by atoms with van der Waals surface area (Å²) in [4.78, 5) is 0. The molecule has 0 saturated carbocycles. The lowest BCUT2D eigenvalue weighted by Crippen LogP contribution is -2.30. The van der Waals surface area contributed by atoms with E-state index in [1.807, 2.05) is 12.2 Å². The van der Waals surface area contributed by atoms with Gasteiger partial charge in [-0.3, -0.25) is 5.32 Å². The van der Waals surface area contributed by atoms with Gasteiger partial charge < -0.3 is 9.84 Å². The number of aliphatic hydroxyl groups excluding tert-OH is 1. The van der Waals surface area contributed by atoms with Crippen LogP contribution in [0.4, 0.5) is 0 Å². The molecule has 0 aromatic rings. The van der Waals surface area contributed by atoms with E-state index in [4.69, 9.17) is 4.74 Å². The molecule has 4 unspecified atom stereocenters. The first-order valence-electron chi connectivity index (χ1n) is 4.52. The fraction of sp³-hybridized carbons (Fsp3) is 0.400. The molecule has 4 atom stereocenters. The van der Waals surface area contributed by atoms with E-state index in [0.717, 1.165) is 0 Å². The van der Waals surface area contributed by atoms with Gasteiger partial charge in [-0.25, -0.2) is 0 Å². The summed E-state index contributed by atoms with van der Waals surface area (Å²) in [6.07, 6.45) is 9.53. The minimum absolute atomic E-state index is 0.0989. The molecule has 0 radical (unpaired) electrons. The van der Waals surface area contributed by atoms with Gasteiger partial charge in [-0.1, -0.05) is 6.08 Å². The van der Waals surface area contributed by atoms with Crippen LogP contribution in [0.2, 0.25) is 0 Å². The van der Waals surface area contributed by atoms with Crippen LogP contribution in [0.25, 0.3) is 0 Å². The number of hydrogen-bond acceptors (Lipinski definition) is 3. The minimum Gasteiger partial charge on any atom is -0.508 e. The monoisotopic (exact) mass is 177 g/mol. The van der Waals surface area contributed by atoms with Crippen molar-refractivity contribution in [3.8, 4) is 0 Å². The highest BCUT2D eigenvalue weighted by Crippen LogP contribution is 2.36. The van der Waals surface area contributed by atoms with Crippen LogP contribution >= 0.6 is 0 Å². The third-order valence-electron chi connectivity index (χ3n) is 2.93. The van der Waals surface area contributed by atoms with E-state index in [1.54, 1.807) is 12.3 Å². The van der Waals surface area contributed by atoms with E-state index in [-0.39, 0.29) is 6.23 Å². The van der Waals surface area contributed by atoms with Crippen LogP contribution in [-0.2, 0) is 4.74 Å². The number of rotatable bonds is 0. The zero-order valence-corrected chi connectivity index (χ0v) is 7.05. The van der Waals surface area contributed by atoms with Gasteiger partial charge in [-0.05, 0) is 18.2 Å². The van der Waals surface area contributed by atoms with Gasteiger partial charge in [0, 0.05) is 17.9 Å². The fourth-order valence-corrected chi connectivity index (χ4v) is 2.29. The fourth-order valence-electron chi connectivity index (χ4n) is 2.29. The van der Waals surface area contributed by atoms with Crippen LogP contribution in [0.5, 0.6) is 0 Å². The zero-order valence-electron chi connectivity index (χ0n) is 7.05. The van der Waals surface area contributed by atoms with Crippen molar-refractivity contribution in [2.24, 2.45) is 11.8 Å². The Bertz CT molecular complexity index is 319. The molecule has 68 valence electrons. The standard InChI is InChI=1S/C10H11NO2/c12-6-1-2-9-8(5-6)7-3-4-13-10(7)11-9/h1-5,7-12H. The highest BCUT2D eigenvalue weighted by Gasteiger charge is 2.43. The Balaban J connectivity index is 1.94. The van der Waals surface area contributed by atoms with Gasteiger partial charge in [0.15, 0.2) is 6.23 Å². The Labute approximate surface area is 76.4 Å². The molecule has 2 N–H and O–H groups in total. The molecule has 0 bridgehead atoms. The van der Waals surface area contributed by atoms with Gasteiger partial charge in [0.2, 0.25) is 0 Å². The molecule has 1 saturated heterocycles. The summed E-state index contributed by atoms with van der Waals surface area (Å²) in [6.45, 7) is 0. The molecule has 3 aliphatic rings. The number of aliphatic hydroxyl groups is 1. The first kappa shape index (κ1) is 7.21. The Morgan fingerprint density at radius 2 is 2.23 bits per heavy atom. The van der Waals surface area contributed by atoms with Gasteiger partial charge in [-0.2, -0.15) is 0 Å². The topological polar surface area (TPSA) is 41.5 Å². The molecule has 13 heavy (non-hydrogen) atoms. The van der Waals surface area contributed by atoms with Crippen LogP contribution in [-0.4, -0.2) is 17.4 Å². The van der Waals surface area contributed by atoms with Gasteiger partial charge >= 0.3 is 0 Å². The average Bonchev–Trinajstić information content (AvgIpc) is 2.64. The van der Waals surface area contributed by atoms with E-state index < -0.39 is 0 Å². The van der Waals surface area contributed by atoms with E-state index in [9.17, 15) is 5.11 Å². The summed E-state index contributed by atoms with van der Waals surface area (Å²) in [7, 11) is 0. The number of allylic oxidation sites excluding steroid dienone is 1. The first-order valence-corrected chi connectivity index (χ1v) is 4.52. The van der Waals surface area contributed by atoms with Gasteiger partial charge in [0.1, 0.15) is 5.76 Å². The molecule has 2 aliphatic heterocycles. The third kappa shape index (κ3) is 0.937. The lowest BCUT2D eigenvalue weighted by Gasteiger charge is -2.18. The van der Waals surface area contributed by atoms with Crippen molar-refractivity contribution in [3.63, 3.8) is 0 Å². The maximum Gasteiger partial charge on any atom is 0.156 e. The molecule has 0 aromatic heterocycles. The second-order valence-corrected chi connectivity index (χ2v) is 3.68. The SMILES string of the molecule is OC1=CC2C(C=C1)NC1OC=CC12. The van der Waals surface area contributed by atoms with Crippen LogP contribution < -0.4 is 5.32 Å². The number of hydrogen-bond donors (Lipinski definition) is 2. The van der Waals surface area contributed by atoms with Crippen LogP contribution in [0, 0.1) is 11.8 Å². The summed E-state index contributed by atoms with van der Waals surface area (Å²) >= 11 is 0. The van der Waals surface area contributed by atoms with Crippen molar-refractivity contribution < 1.29 is 9.84 Å². The summed E-state index contributed by atoms with van der Waals surface area (Å²) < 4.78 is 5.37. The molecule has 1 aliphatic carbocycles. The second-order valence-electron chi connectivity index (χ2n) is 3.68. The molecule has 0 amide bonds. The van der Waals surface area contributed by atoms with Gasteiger partial charge in [0.05, 0.1) is 6.26 Å². The smallest absolute Gasteiger partial charge is 0.156 e. The quantitative estimate of drug-likeness (QED) is 0.581. The molecular weight excluding hydrogens is 166 g/mol. The highest BCUT2D eigenvalue weighted by atomic mass is 16.5. The average molecular weight is 177 g/mol. The normalized spacial score (nSPS) is 45.4. The lowest BCUT2D eigenvalue weighted by atomic mass is 9.87. The van der Waals surface area contributed by atoms with Crippen LogP contribution in [0.15, 0.2) is 36.3 Å². The Hall–Kier alpha value is -1.22. The molecule has 3 heteroatoms. The molecule has 2 heterocycles. The third-order valence-corrected chi connectivity index (χ3v) is 2.93. The summed E-state index contributed by atoms with van der Waals surface area (Å²) in [5, 5.41) is 12.7. The number of nitrogens with one attached hydrogen (secondary N) is 1. The second kappa shape index (κ2) is 2.39. The van der Waals surface area contributed by atoms with Crippen molar-refractivity contribution in [1.29, 1.82) is 0 Å². The highest BCUT2D eigenvalue weighted by molar-refractivity contribution is 5.27. The summed E-state index contributed by atoms with van der Waals surface area (Å²) in [6, 6.07) is 0.316. The number of ether oxygens (including phenoxy) is 1. The first-order chi connectivity index (χ1) is 6.34. The minimum atomic E-state index is 0.0989. The molecule has 3 nitrogen and oxygen atoms in total. The summed E-state index contributed by atoms with van der Waals surface area (Å²) in [5.74, 6) is 1.08. The van der Waals surface area contributed by atoms with Crippen molar-refractivity contribution >= 4 is 0 Å². The maximum absolute atomic E-state index is 9.36. The summed E-state index contributed by atoms with van der Waals surface area (Å²) in [5.41, 5.74) is 0. The zero-order chi connectivity index (χ0) is 8.84. The predicted molar refractivity (Wildman–Crippen MR) is 47.8 cm³/mol. The van der Waals surface area contributed by atoms with Gasteiger partial charge in [-0.15, -0.1) is 0 Å². The molecule has 1 fully saturated rings. The van der Waals surface area contributed by atoms with Gasteiger partial charge in [0.25, 0.3) is 0 Å². The van der Waals surface area contributed by atoms with Crippen LogP contribution in [0.3, 0.4) is 0 Å². The van der Waals surface area contributed by atoms with E-state index in [0.29, 0.717) is 23.6 Å². The lowest BCUT2D eigenvalue weighted by molar-refractivity contribution is 0.128. The Kier molecular flexibility index (Phi) is 1.32. The van der Waals surface area contributed by atoms with Crippen molar-refractivity contribution in [1.82, 2.24) is 5.32 Å². The van der Waals surface area contributed by atoms with E-state index in [1.165, 1.54) is 0 Å². The van der Waals surface area contributed by atoms with Crippen LogP contribution in [0.1, 0.15) is 0 Å². The van der Waals surface area contributed by atoms with E-state index in [2.05, 4.69) is 11.4 Å². The molecular formula is C10H11NO2.